The predicted octanol–water partition coefficient (Wildman–Crippen LogP) is 2.65. The third-order valence-electron chi connectivity index (χ3n) is 4.20. The van der Waals surface area contributed by atoms with E-state index in [1.165, 1.54) is 12.8 Å². The third kappa shape index (κ3) is 4.22. The van der Waals surface area contributed by atoms with Crippen molar-refractivity contribution in [2.45, 2.75) is 71.6 Å². The summed E-state index contributed by atoms with van der Waals surface area (Å²) in [5.41, 5.74) is 0.210. The van der Waals surface area contributed by atoms with Crippen LogP contribution in [0.4, 0.5) is 0 Å². The zero-order chi connectivity index (χ0) is 13.8. The molecule has 1 fully saturated rings. The normalized spacial score (nSPS) is 30.7. The molecule has 2 atom stereocenters. The van der Waals surface area contributed by atoms with Gasteiger partial charge in [0.05, 0.1) is 5.60 Å². The molecule has 1 aliphatic heterocycles. The quantitative estimate of drug-likeness (QED) is 0.791. The van der Waals surface area contributed by atoms with Crippen LogP contribution < -0.4 is 5.32 Å². The Balaban J connectivity index is 2.69. The van der Waals surface area contributed by atoms with Crippen molar-refractivity contribution in [1.29, 1.82) is 0 Å². The first-order valence-electron chi connectivity index (χ1n) is 7.49. The Bertz CT molecular complexity index is 255. The van der Waals surface area contributed by atoms with E-state index in [2.05, 4.69) is 51.8 Å². The first-order chi connectivity index (χ1) is 8.36. The minimum Gasteiger partial charge on any atom is -0.375 e. The Morgan fingerprint density at radius 3 is 2.50 bits per heavy atom. The lowest BCUT2D eigenvalue weighted by molar-refractivity contribution is -0.0554. The summed E-state index contributed by atoms with van der Waals surface area (Å²) in [6, 6.07) is 0.643. The van der Waals surface area contributed by atoms with Crippen LogP contribution in [0, 0.1) is 0 Å². The molecule has 0 saturated carbocycles. The number of piperazine rings is 1. The average Bonchev–Trinajstić information content (AvgIpc) is 2.28. The van der Waals surface area contributed by atoms with E-state index in [1.54, 1.807) is 0 Å². The maximum Gasteiger partial charge on any atom is 0.0752 e. The Morgan fingerprint density at radius 2 is 2.00 bits per heavy atom. The van der Waals surface area contributed by atoms with Gasteiger partial charge in [-0.3, -0.25) is 4.90 Å². The molecule has 1 rings (SSSR count). The van der Waals surface area contributed by atoms with E-state index in [1.807, 2.05) is 0 Å². The fourth-order valence-electron chi connectivity index (χ4n) is 2.88. The molecule has 0 radical (unpaired) electrons. The molecule has 0 aromatic carbocycles. The molecule has 0 amide bonds. The van der Waals surface area contributed by atoms with Crippen LogP contribution in [-0.4, -0.2) is 48.3 Å². The molecule has 3 heteroatoms. The van der Waals surface area contributed by atoms with Crippen LogP contribution in [0.5, 0.6) is 0 Å². The van der Waals surface area contributed by atoms with Gasteiger partial charge in [0, 0.05) is 37.8 Å². The predicted molar refractivity (Wildman–Crippen MR) is 78.1 cm³/mol. The minimum absolute atomic E-state index is 0.0475. The van der Waals surface area contributed by atoms with Gasteiger partial charge in [-0.2, -0.15) is 0 Å². The number of rotatable bonds is 6. The number of nitrogens with zero attached hydrogens (tertiary/aromatic N) is 1. The third-order valence-corrected chi connectivity index (χ3v) is 4.20. The van der Waals surface area contributed by atoms with Crippen molar-refractivity contribution in [3.63, 3.8) is 0 Å². The summed E-state index contributed by atoms with van der Waals surface area (Å²) in [6.07, 6.45) is 2.38. The van der Waals surface area contributed by atoms with Crippen LogP contribution in [0.1, 0.15) is 54.4 Å². The fourth-order valence-corrected chi connectivity index (χ4v) is 2.88. The monoisotopic (exact) mass is 256 g/mol. The highest BCUT2D eigenvalue weighted by molar-refractivity contribution is 4.95. The average molecular weight is 256 g/mol. The van der Waals surface area contributed by atoms with Crippen molar-refractivity contribution < 1.29 is 4.74 Å². The fraction of sp³-hybridized carbons (Fsp3) is 1.00. The molecule has 18 heavy (non-hydrogen) atoms. The number of hydrogen-bond acceptors (Lipinski definition) is 3. The van der Waals surface area contributed by atoms with Crippen molar-refractivity contribution in [1.82, 2.24) is 10.2 Å². The lowest BCUT2D eigenvalue weighted by Crippen LogP contribution is -2.64. The summed E-state index contributed by atoms with van der Waals surface area (Å²) < 4.78 is 5.86. The molecule has 108 valence electrons. The maximum atomic E-state index is 5.86. The van der Waals surface area contributed by atoms with Crippen LogP contribution in [0.15, 0.2) is 0 Å². The second kappa shape index (κ2) is 6.36. The van der Waals surface area contributed by atoms with E-state index in [0.29, 0.717) is 6.04 Å². The smallest absolute Gasteiger partial charge is 0.0752 e. The summed E-state index contributed by atoms with van der Waals surface area (Å²) in [7, 11) is 0. The number of ether oxygens (including phenoxy) is 1. The second-order valence-corrected chi connectivity index (χ2v) is 6.45. The molecule has 1 aliphatic rings. The molecule has 0 spiro atoms. The van der Waals surface area contributed by atoms with Crippen LogP contribution in [0.25, 0.3) is 0 Å². The van der Waals surface area contributed by atoms with Gasteiger partial charge in [-0.15, -0.1) is 0 Å². The highest BCUT2D eigenvalue weighted by Gasteiger charge is 2.36. The summed E-state index contributed by atoms with van der Waals surface area (Å²) >= 11 is 0. The van der Waals surface area contributed by atoms with Crippen LogP contribution in [0.3, 0.4) is 0 Å². The molecular weight excluding hydrogens is 224 g/mol. The van der Waals surface area contributed by atoms with E-state index >= 15 is 0 Å². The topological polar surface area (TPSA) is 24.5 Å². The Morgan fingerprint density at radius 1 is 1.33 bits per heavy atom. The second-order valence-electron chi connectivity index (χ2n) is 6.45. The van der Waals surface area contributed by atoms with Gasteiger partial charge < -0.3 is 10.1 Å². The van der Waals surface area contributed by atoms with Gasteiger partial charge in [-0.25, -0.2) is 0 Å². The lowest BCUT2D eigenvalue weighted by Gasteiger charge is -2.48. The molecule has 2 unspecified atom stereocenters. The van der Waals surface area contributed by atoms with Crippen LogP contribution in [-0.2, 0) is 4.74 Å². The van der Waals surface area contributed by atoms with E-state index in [4.69, 9.17) is 4.74 Å². The lowest BCUT2D eigenvalue weighted by atomic mass is 9.91. The van der Waals surface area contributed by atoms with E-state index in [9.17, 15) is 0 Å². The summed E-state index contributed by atoms with van der Waals surface area (Å²) in [6.45, 7) is 17.4. The molecule has 3 nitrogen and oxygen atoms in total. The van der Waals surface area contributed by atoms with Crippen molar-refractivity contribution in [2.75, 3.05) is 26.2 Å². The van der Waals surface area contributed by atoms with Gasteiger partial charge in [0.2, 0.25) is 0 Å². The molecule has 1 saturated heterocycles. The molecule has 1 heterocycles. The van der Waals surface area contributed by atoms with Crippen molar-refractivity contribution >= 4 is 0 Å². The highest BCUT2D eigenvalue weighted by Crippen LogP contribution is 2.23. The Hall–Kier alpha value is -0.120. The largest absolute Gasteiger partial charge is 0.375 e. The first-order valence-corrected chi connectivity index (χ1v) is 7.49. The van der Waals surface area contributed by atoms with Crippen LogP contribution >= 0.6 is 0 Å². The van der Waals surface area contributed by atoms with Gasteiger partial charge in [0.1, 0.15) is 0 Å². The Labute approximate surface area is 113 Å². The molecule has 0 bridgehead atoms. The van der Waals surface area contributed by atoms with Gasteiger partial charge in [0.25, 0.3) is 0 Å². The van der Waals surface area contributed by atoms with E-state index in [0.717, 1.165) is 26.2 Å². The SMILES string of the molecule is CCOC(C)(C)CN1CC(C)(CC)NCC1CC. The highest BCUT2D eigenvalue weighted by atomic mass is 16.5. The first kappa shape index (κ1) is 15.9. The molecular formula is C15H32N2O. The standard InChI is InChI=1S/C15H32N2O/c1-7-13-10-16-15(6,8-2)12-17(13)11-14(4,5)18-9-3/h13,16H,7-12H2,1-6H3. The number of hydrogen-bond donors (Lipinski definition) is 1. The van der Waals surface area contributed by atoms with Crippen molar-refractivity contribution in [2.24, 2.45) is 0 Å². The summed E-state index contributed by atoms with van der Waals surface area (Å²) in [5.74, 6) is 0. The van der Waals surface area contributed by atoms with Crippen molar-refractivity contribution in [3.8, 4) is 0 Å². The van der Waals surface area contributed by atoms with Gasteiger partial charge in [-0.05, 0) is 40.5 Å². The van der Waals surface area contributed by atoms with E-state index < -0.39 is 0 Å². The molecule has 1 N–H and O–H groups in total. The molecule has 0 aromatic rings. The number of nitrogens with one attached hydrogen (secondary N) is 1. The Kier molecular flexibility index (Phi) is 5.63. The summed E-state index contributed by atoms with van der Waals surface area (Å²) in [4.78, 5) is 2.62. The van der Waals surface area contributed by atoms with Gasteiger partial charge >= 0.3 is 0 Å². The van der Waals surface area contributed by atoms with Crippen LogP contribution in [0.2, 0.25) is 0 Å². The van der Waals surface area contributed by atoms with Gasteiger partial charge in [-0.1, -0.05) is 13.8 Å². The zero-order valence-electron chi connectivity index (χ0n) is 13.2. The zero-order valence-corrected chi connectivity index (χ0v) is 13.2. The molecule has 0 aliphatic carbocycles. The van der Waals surface area contributed by atoms with Gasteiger partial charge in [0.15, 0.2) is 0 Å². The van der Waals surface area contributed by atoms with Crippen molar-refractivity contribution in [3.05, 3.63) is 0 Å². The minimum atomic E-state index is -0.0475. The summed E-state index contributed by atoms with van der Waals surface area (Å²) in [5, 5.41) is 3.71. The molecule has 0 aromatic heterocycles. The maximum absolute atomic E-state index is 5.86. The van der Waals surface area contributed by atoms with E-state index in [-0.39, 0.29) is 11.1 Å².